The molecule has 3 aliphatic carbocycles. The van der Waals surface area contributed by atoms with Crippen molar-refractivity contribution in [2.75, 3.05) is 6.61 Å². The zero-order chi connectivity index (χ0) is 22.3. The van der Waals surface area contributed by atoms with Gasteiger partial charge in [0.15, 0.2) is 0 Å². The molecule has 0 aromatic heterocycles. The van der Waals surface area contributed by atoms with Crippen molar-refractivity contribution in [3.05, 3.63) is 0 Å². The molecule has 0 aromatic rings. The van der Waals surface area contributed by atoms with Crippen LogP contribution in [-0.2, 0) is 0 Å². The van der Waals surface area contributed by atoms with Gasteiger partial charge in [0.05, 0.1) is 12.0 Å². The molecule has 4 atom stereocenters. The van der Waals surface area contributed by atoms with Crippen LogP contribution < -0.4 is 5.32 Å². The van der Waals surface area contributed by atoms with E-state index in [-0.39, 0.29) is 4.75 Å². The van der Waals surface area contributed by atoms with Gasteiger partial charge in [0.1, 0.15) is 0 Å². The molecule has 2 aliphatic heterocycles. The van der Waals surface area contributed by atoms with Crippen molar-refractivity contribution < 1.29 is 5.11 Å². The van der Waals surface area contributed by atoms with Gasteiger partial charge in [-0.05, 0) is 77.0 Å². The first-order valence-corrected chi connectivity index (χ1v) is 15.2. The van der Waals surface area contributed by atoms with Gasteiger partial charge in [-0.25, -0.2) is 0 Å². The Morgan fingerprint density at radius 2 is 1.25 bits per heavy atom. The lowest BCUT2D eigenvalue weighted by Crippen LogP contribution is -2.77. The van der Waals surface area contributed by atoms with Crippen molar-refractivity contribution in [2.24, 2.45) is 17.8 Å². The topological polar surface area (TPSA) is 35.5 Å². The molecular weight excluding hydrogens is 412 g/mol. The Kier molecular flexibility index (Phi) is 7.26. The molecule has 32 heavy (non-hydrogen) atoms. The third-order valence-corrected chi connectivity index (χ3v) is 12.3. The quantitative estimate of drug-likeness (QED) is 0.483. The highest BCUT2D eigenvalue weighted by Gasteiger charge is 2.62. The average Bonchev–Trinajstić information content (AvgIpc) is 3.08. The number of hydrogen-bond donors (Lipinski definition) is 2. The Balaban J connectivity index is 1.47. The van der Waals surface area contributed by atoms with Crippen molar-refractivity contribution >= 4 is 11.8 Å². The maximum absolute atomic E-state index is 10.2. The van der Waals surface area contributed by atoms with Crippen molar-refractivity contribution in [1.29, 1.82) is 0 Å². The van der Waals surface area contributed by atoms with Gasteiger partial charge in [-0.2, -0.15) is 0 Å². The van der Waals surface area contributed by atoms with Crippen LogP contribution in [0.25, 0.3) is 0 Å². The summed E-state index contributed by atoms with van der Waals surface area (Å²) in [7, 11) is 0. The van der Waals surface area contributed by atoms with Gasteiger partial charge in [-0.3, -0.25) is 4.90 Å². The van der Waals surface area contributed by atoms with Gasteiger partial charge >= 0.3 is 0 Å². The molecule has 2 N–H and O–H groups in total. The molecule has 4 heteroatoms. The van der Waals surface area contributed by atoms with Crippen LogP contribution in [0.15, 0.2) is 0 Å². The second-order valence-corrected chi connectivity index (χ2v) is 14.4. The lowest BCUT2D eigenvalue weighted by molar-refractivity contribution is -0.0733. The van der Waals surface area contributed by atoms with E-state index in [1.54, 1.807) is 0 Å². The number of aliphatic hydroxyl groups is 1. The van der Waals surface area contributed by atoms with Gasteiger partial charge in [-0.15, -0.1) is 11.8 Å². The van der Waals surface area contributed by atoms with Gasteiger partial charge < -0.3 is 10.4 Å². The molecule has 0 bridgehead atoms. The summed E-state index contributed by atoms with van der Waals surface area (Å²) in [5.41, 5.74) is 0.369. The molecule has 4 unspecified atom stereocenters. The fraction of sp³-hybridized carbons (Fsp3) is 1.00. The van der Waals surface area contributed by atoms with Crippen molar-refractivity contribution in [3.8, 4) is 0 Å². The van der Waals surface area contributed by atoms with Gasteiger partial charge in [0, 0.05) is 28.4 Å². The summed E-state index contributed by atoms with van der Waals surface area (Å²) in [5.74, 6) is 2.66. The number of nitrogens with zero attached hydrogens (tertiary/aromatic N) is 1. The van der Waals surface area contributed by atoms with E-state index in [9.17, 15) is 5.11 Å². The molecule has 184 valence electrons. The normalized spacial score (nSPS) is 37.9. The van der Waals surface area contributed by atoms with E-state index in [1.165, 1.54) is 96.3 Å². The van der Waals surface area contributed by atoms with Crippen LogP contribution in [0, 0.1) is 17.8 Å². The highest BCUT2D eigenvalue weighted by Crippen LogP contribution is 2.56. The number of thioether (sulfide) groups is 1. The molecule has 0 spiro atoms. The first kappa shape index (κ1) is 23.9. The van der Waals surface area contributed by atoms with Gasteiger partial charge in [0.25, 0.3) is 0 Å². The number of nitrogens with one attached hydrogen (secondary N) is 1. The lowest BCUT2D eigenvalue weighted by atomic mass is 9.56. The van der Waals surface area contributed by atoms with Crippen LogP contribution >= 0.6 is 11.8 Å². The fourth-order valence-electron chi connectivity index (χ4n) is 8.97. The summed E-state index contributed by atoms with van der Waals surface area (Å²) in [4.78, 5) is 2.66. The summed E-state index contributed by atoms with van der Waals surface area (Å²) < 4.78 is 0.146. The minimum atomic E-state index is 0.146. The first-order valence-electron chi connectivity index (χ1n) is 14.3. The predicted octanol–water partition coefficient (Wildman–Crippen LogP) is 6.34. The fourth-order valence-corrected chi connectivity index (χ4v) is 10.9. The molecule has 0 radical (unpaired) electrons. The van der Waals surface area contributed by atoms with Crippen LogP contribution in [-0.4, -0.2) is 50.4 Å². The van der Waals surface area contributed by atoms with E-state index in [2.05, 4.69) is 42.7 Å². The Hall–Kier alpha value is 0.230. The molecule has 2 heterocycles. The van der Waals surface area contributed by atoms with Crippen molar-refractivity contribution in [1.82, 2.24) is 10.2 Å². The van der Waals surface area contributed by atoms with Crippen LogP contribution in [0.2, 0.25) is 0 Å². The zero-order valence-corrected chi connectivity index (χ0v) is 22.0. The smallest absolute Gasteiger partial charge is 0.0740 e. The maximum Gasteiger partial charge on any atom is 0.0740 e. The standard InChI is InChI=1S/C28H50N2OS/c1-20-25(26-30(20)24(19-31)27(2,3)32-26)29-28(21-13-7-4-8-14-21,22-15-9-5-10-16-22)23-17-11-6-12-18-23/h20-26,29,31H,4-19H2,1-3H3. The molecule has 5 fully saturated rings. The summed E-state index contributed by atoms with van der Waals surface area (Å²) >= 11 is 2.15. The average molecular weight is 463 g/mol. The zero-order valence-electron chi connectivity index (χ0n) is 21.2. The second kappa shape index (κ2) is 9.70. The number of hydrogen-bond acceptors (Lipinski definition) is 4. The van der Waals surface area contributed by atoms with E-state index < -0.39 is 0 Å². The maximum atomic E-state index is 10.2. The number of aliphatic hydroxyl groups excluding tert-OH is 1. The van der Waals surface area contributed by atoms with Crippen LogP contribution in [0.4, 0.5) is 0 Å². The summed E-state index contributed by atoms with van der Waals surface area (Å²) in [5, 5.41) is 15.4. The molecule has 0 aromatic carbocycles. The van der Waals surface area contributed by atoms with E-state index in [1.807, 2.05) is 0 Å². The van der Waals surface area contributed by atoms with E-state index >= 15 is 0 Å². The Bertz CT molecular complexity index is 575. The van der Waals surface area contributed by atoms with Crippen molar-refractivity contribution in [3.63, 3.8) is 0 Å². The molecular formula is C28H50N2OS. The lowest BCUT2D eigenvalue weighted by Gasteiger charge is -2.61. The molecule has 3 saturated carbocycles. The molecule has 5 aliphatic rings. The Morgan fingerprint density at radius 1 is 0.812 bits per heavy atom. The molecule has 5 rings (SSSR count). The highest BCUT2D eigenvalue weighted by atomic mass is 32.2. The number of rotatable bonds is 6. The molecule has 0 amide bonds. The predicted molar refractivity (Wildman–Crippen MR) is 137 cm³/mol. The monoisotopic (exact) mass is 462 g/mol. The van der Waals surface area contributed by atoms with Crippen LogP contribution in [0.5, 0.6) is 0 Å². The second-order valence-electron chi connectivity index (χ2n) is 12.6. The largest absolute Gasteiger partial charge is 0.395 e. The molecule has 3 nitrogen and oxygen atoms in total. The minimum absolute atomic E-state index is 0.146. The Labute approximate surface area is 202 Å². The summed E-state index contributed by atoms with van der Waals surface area (Å²) in [6, 6.07) is 1.43. The summed E-state index contributed by atoms with van der Waals surface area (Å²) in [6.07, 6.45) is 21.9. The van der Waals surface area contributed by atoms with E-state index in [0.29, 0.717) is 35.6 Å². The van der Waals surface area contributed by atoms with Gasteiger partial charge in [-0.1, -0.05) is 57.8 Å². The SMILES string of the molecule is CC1C(NC(C2CCCCC2)(C2CCCCC2)C2CCCCC2)C2SC(C)(C)C(CO)N12. The third kappa shape index (κ3) is 4.01. The van der Waals surface area contributed by atoms with E-state index in [4.69, 9.17) is 0 Å². The first-order chi connectivity index (χ1) is 15.5. The molecule has 2 saturated heterocycles. The minimum Gasteiger partial charge on any atom is -0.395 e. The van der Waals surface area contributed by atoms with E-state index in [0.717, 1.165) is 17.8 Å². The van der Waals surface area contributed by atoms with Crippen molar-refractivity contribution in [2.45, 2.75) is 151 Å². The van der Waals surface area contributed by atoms with Gasteiger partial charge in [0.2, 0.25) is 0 Å². The number of fused-ring (bicyclic) bond motifs is 1. The third-order valence-electron chi connectivity index (χ3n) is 10.6. The summed E-state index contributed by atoms with van der Waals surface area (Å²) in [6.45, 7) is 7.47. The Morgan fingerprint density at radius 3 is 1.66 bits per heavy atom. The van der Waals surface area contributed by atoms with Crippen LogP contribution in [0.3, 0.4) is 0 Å². The highest BCUT2D eigenvalue weighted by molar-refractivity contribution is 8.01. The van der Waals surface area contributed by atoms with Crippen LogP contribution in [0.1, 0.15) is 117 Å².